The lowest BCUT2D eigenvalue weighted by Crippen LogP contribution is -2.41. The Labute approximate surface area is 97.8 Å². The summed E-state index contributed by atoms with van der Waals surface area (Å²) in [5.74, 6) is 0. The van der Waals surface area contributed by atoms with Gasteiger partial charge in [0.05, 0.1) is 0 Å². The molecule has 1 aromatic carbocycles. The van der Waals surface area contributed by atoms with Gasteiger partial charge < -0.3 is 5.73 Å². The molecule has 76 valence electrons. The highest BCUT2D eigenvalue weighted by molar-refractivity contribution is 9.10. The number of halogens is 2. The van der Waals surface area contributed by atoms with Gasteiger partial charge in [-0.1, -0.05) is 34.0 Å². The van der Waals surface area contributed by atoms with Crippen LogP contribution >= 0.6 is 27.5 Å². The van der Waals surface area contributed by atoms with E-state index in [1.165, 1.54) is 24.8 Å². The maximum absolute atomic E-state index is 6.02. The van der Waals surface area contributed by atoms with Crippen LogP contribution in [0.1, 0.15) is 24.8 Å². The second-order valence-electron chi connectivity index (χ2n) is 4.00. The molecule has 1 nitrogen and oxygen atoms in total. The van der Waals surface area contributed by atoms with Crippen LogP contribution in [0.25, 0.3) is 0 Å². The fourth-order valence-corrected chi connectivity index (χ4v) is 2.93. The minimum atomic E-state index is 0.202. The predicted octanol–water partition coefficient (Wildman–Crippen LogP) is 3.48. The van der Waals surface area contributed by atoms with Crippen molar-refractivity contribution in [2.45, 2.75) is 24.7 Å². The molecule has 1 fully saturated rings. The van der Waals surface area contributed by atoms with Gasteiger partial charge in [-0.05, 0) is 36.6 Å². The highest BCUT2D eigenvalue weighted by atomic mass is 79.9. The molecule has 0 aromatic heterocycles. The van der Waals surface area contributed by atoms with E-state index in [4.69, 9.17) is 17.3 Å². The molecule has 1 saturated carbocycles. The normalized spacial score (nSPS) is 19.1. The van der Waals surface area contributed by atoms with Crippen molar-refractivity contribution >= 4 is 27.5 Å². The third-order valence-corrected chi connectivity index (χ3v) is 3.85. The van der Waals surface area contributed by atoms with E-state index in [0.717, 1.165) is 16.0 Å². The Bertz CT molecular complexity index is 321. The van der Waals surface area contributed by atoms with Gasteiger partial charge in [-0.25, -0.2) is 0 Å². The molecule has 1 aromatic rings. The minimum absolute atomic E-state index is 0.202. The topological polar surface area (TPSA) is 26.0 Å². The van der Waals surface area contributed by atoms with E-state index in [1.54, 1.807) is 0 Å². The highest BCUT2D eigenvalue weighted by Crippen LogP contribution is 2.44. The standard InChI is InChI=1S/C11H13BrClN/c12-9-4-8(5-10(13)6-9)11(7-14)2-1-3-11/h4-6H,1-3,7,14H2. The molecule has 0 aliphatic heterocycles. The Morgan fingerprint density at radius 2 is 2.07 bits per heavy atom. The van der Waals surface area contributed by atoms with Gasteiger partial charge in [-0.3, -0.25) is 0 Å². The smallest absolute Gasteiger partial charge is 0.0420 e. The summed E-state index contributed by atoms with van der Waals surface area (Å²) in [5.41, 5.74) is 7.33. The Kier molecular flexibility index (Phi) is 2.87. The van der Waals surface area contributed by atoms with Crippen molar-refractivity contribution in [3.63, 3.8) is 0 Å². The first-order valence-electron chi connectivity index (χ1n) is 4.83. The van der Waals surface area contributed by atoms with Gasteiger partial charge in [-0.2, -0.15) is 0 Å². The molecule has 0 amide bonds. The van der Waals surface area contributed by atoms with E-state index in [1.807, 2.05) is 12.1 Å². The second kappa shape index (κ2) is 3.84. The Morgan fingerprint density at radius 3 is 2.50 bits per heavy atom. The van der Waals surface area contributed by atoms with Crippen molar-refractivity contribution in [3.05, 3.63) is 33.3 Å². The van der Waals surface area contributed by atoms with Gasteiger partial charge in [0.15, 0.2) is 0 Å². The lowest BCUT2D eigenvalue weighted by Gasteiger charge is -2.41. The maximum atomic E-state index is 6.02. The van der Waals surface area contributed by atoms with E-state index >= 15 is 0 Å². The molecule has 1 aliphatic carbocycles. The van der Waals surface area contributed by atoms with Crippen LogP contribution < -0.4 is 5.73 Å². The van der Waals surface area contributed by atoms with Crippen LogP contribution in [-0.4, -0.2) is 6.54 Å². The monoisotopic (exact) mass is 273 g/mol. The summed E-state index contributed by atoms with van der Waals surface area (Å²) in [6, 6.07) is 6.09. The molecule has 0 unspecified atom stereocenters. The van der Waals surface area contributed by atoms with Crippen molar-refractivity contribution < 1.29 is 0 Å². The zero-order chi connectivity index (χ0) is 10.2. The fraction of sp³-hybridized carbons (Fsp3) is 0.455. The Balaban J connectivity index is 2.39. The number of nitrogens with two attached hydrogens (primary N) is 1. The summed E-state index contributed by atoms with van der Waals surface area (Å²) < 4.78 is 1.04. The molecule has 2 N–H and O–H groups in total. The zero-order valence-electron chi connectivity index (χ0n) is 7.89. The molecule has 0 radical (unpaired) electrons. The summed E-state index contributed by atoms with van der Waals surface area (Å²) in [6.07, 6.45) is 3.66. The van der Waals surface area contributed by atoms with E-state index < -0.39 is 0 Å². The fourth-order valence-electron chi connectivity index (χ4n) is 2.07. The van der Waals surface area contributed by atoms with Crippen molar-refractivity contribution in [1.29, 1.82) is 0 Å². The summed E-state index contributed by atoms with van der Waals surface area (Å²) >= 11 is 9.49. The first kappa shape index (κ1) is 10.5. The van der Waals surface area contributed by atoms with Gasteiger partial charge in [-0.15, -0.1) is 0 Å². The predicted molar refractivity (Wildman–Crippen MR) is 63.7 cm³/mol. The lowest BCUT2D eigenvalue weighted by molar-refractivity contribution is 0.253. The summed E-state index contributed by atoms with van der Waals surface area (Å²) in [4.78, 5) is 0. The number of hydrogen-bond acceptors (Lipinski definition) is 1. The van der Waals surface area contributed by atoms with Crippen molar-refractivity contribution in [2.75, 3.05) is 6.54 Å². The first-order valence-corrected chi connectivity index (χ1v) is 6.00. The molecule has 0 spiro atoms. The van der Waals surface area contributed by atoms with Crippen LogP contribution in [0.4, 0.5) is 0 Å². The third kappa shape index (κ3) is 1.71. The molecule has 2 rings (SSSR count). The lowest BCUT2D eigenvalue weighted by atomic mass is 9.64. The third-order valence-electron chi connectivity index (χ3n) is 3.18. The number of hydrogen-bond donors (Lipinski definition) is 1. The van der Waals surface area contributed by atoms with Crippen LogP contribution in [0.5, 0.6) is 0 Å². The first-order chi connectivity index (χ1) is 6.66. The van der Waals surface area contributed by atoms with Gasteiger partial charge in [0.1, 0.15) is 0 Å². The molecular formula is C11H13BrClN. The van der Waals surface area contributed by atoms with E-state index in [0.29, 0.717) is 0 Å². The van der Waals surface area contributed by atoms with Gasteiger partial charge in [0.25, 0.3) is 0 Å². The van der Waals surface area contributed by atoms with Crippen molar-refractivity contribution in [3.8, 4) is 0 Å². The summed E-state index contributed by atoms with van der Waals surface area (Å²) in [5, 5.41) is 0.786. The maximum Gasteiger partial charge on any atom is 0.0420 e. The zero-order valence-corrected chi connectivity index (χ0v) is 10.2. The van der Waals surface area contributed by atoms with E-state index in [9.17, 15) is 0 Å². The van der Waals surface area contributed by atoms with E-state index in [2.05, 4.69) is 22.0 Å². The molecule has 0 saturated heterocycles. The minimum Gasteiger partial charge on any atom is -0.330 e. The van der Waals surface area contributed by atoms with Gasteiger partial charge in [0.2, 0.25) is 0 Å². The average molecular weight is 275 g/mol. The number of benzene rings is 1. The van der Waals surface area contributed by atoms with Crippen molar-refractivity contribution in [2.24, 2.45) is 5.73 Å². The van der Waals surface area contributed by atoms with Crippen molar-refractivity contribution in [1.82, 2.24) is 0 Å². The second-order valence-corrected chi connectivity index (χ2v) is 5.35. The molecular weight excluding hydrogens is 261 g/mol. The summed E-state index contributed by atoms with van der Waals surface area (Å²) in [7, 11) is 0. The molecule has 3 heteroatoms. The van der Waals surface area contributed by atoms with E-state index in [-0.39, 0.29) is 5.41 Å². The van der Waals surface area contributed by atoms with Gasteiger partial charge in [0, 0.05) is 21.5 Å². The SMILES string of the molecule is NCC1(c2cc(Cl)cc(Br)c2)CCC1. The van der Waals surface area contributed by atoms with Gasteiger partial charge >= 0.3 is 0 Å². The molecule has 0 heterocycles. The molecule has 0 bridgehead atoms. The Hall–Kier alpha value is -0.0500. The Morgan fingerprint density at radius 1 is 1.36 bits per heavy atom. The van der Waals surface area contributed by atoms with Crippen LogP contribution in [0.2, 0.25) is 5.02 Å². The largest absolute Gasteiger partial charge is 0.330 e. The molecule has 14 heavy (non-hydrogen) atoms. The quantitative estimate of drug-likeness (QED) is 0.878. The molecule has 0 atom stereocenters. The van der Waals surface area contributed by atoms with Crippen LogP contribution in [0.3, 0.4) is 0 Å². The number of rotatable bonds is 2. The average Bonchev–Trinajstić information content (AvgIpc) is 2.01. The van der Waals surface area contributed by atoms with Crippen LogP contribution in [-0.2, 0) is 5.41 Å². The highest BCUT2D eigenvalue weighted by Gasteiger charge is 2.37. The van der Waals surface area contributed by atoms with Crippen LogP contribution in [0.15, 0.2) is 22.7 Å². The van der Waals surface area contributed by atoms with Crippen LogP contribution in [0, 0.1) is 0 Å². The molecule has 1 aliphatic rings. The summed E-state index contributed by atoms with van der Waals surface area (Å²) in [6.45, 7) is 0.722.